The maximum absolute atomic E-state index is 12.3. The molecule has 5 nitrogen and oxygen atoms in total. The van der Waals surface area contributed by atoms with Crippen molar-refractivity contribution in [2.24, 2.45) is 11.3 Å². The molecule has 1 N–H and O–H groups in total. The summed E-state index contributed by atoms with van der Waals surface area (Å²) in [5.41, 5.74) is 0.259. The number of urea groups is 1. The van der Waals surface area contributed by atoms with Crippen LogP contribution in [0.4, 0.5) is 4.79 Å². The molecule has 1 aliphatic heterocycles. The monoisotopic (exact) mass is 270 g/mol. The number of likely N-dealkylation sites (tertiary alicyclic amines) is 1. The number of hydrogen-bond acceptors (Lipinski definition) is 2. The number of rotatable bonds is 5. The molecule has 0 aliphatic carbocycles. The van der Waals surface area contributed by atoms with E-state index in [9.17, 15) is 9.59 Å². The van der Waals surface area contributed by atoms with E-state index in [2.05, 4.69) is 13.8 Å². The lowest BCUT2D eigenvalue weighted by molar-refractivity contribution is -0.141. The number of carbonyl (C=O) groups is 2. The Balaban J connectivity index is 2.57. The van der Waals surface area contributed by atoms with Crippen molar-refractivity contribution in [3.05, 3.63) is 0 Å². The van der Waals surface area contributed by atoms with E-state index in [4.69, 9.17) is 5.11 Å². The first-order valence-corrected chi connectivity index (χ1v) is 7.08. The van der Waals surface area contributed by atoms with Crippen LogP contribution in [0.2, 0.25) is 0 Å². The first-order chi connectivity index (χ1) is 8.85. The number of carbonyl (C=O) groups excluding carboxylic acids is 1. The Morgan fingerprint density at radius 2 is 1.95 bits per heavy atom. The topological polar surface area (TPSA) is 60.9 Å². The predicted octanol–water partition coefficient (Wildman–Crippen LogP) is 2.27. The number of aliphatic carboxylic acids is 1. The SMILES string of the molecule is CCC1(CC)CCN(C(=O)N(C)CC(C)C(=O)O)C1. The molecule has 0 aromatic carbocycles. The minimum Gasteiger partial charge on any atom is -0.481 e. The lowest BCUT2D eigenvalue weighted by Gasteiger charge is -2.29. The van der Waals surface area contributed by atoms with Crippen molar-refractivity contribution in [3.8, 4) is 0 Å². The Morgan fingerprint density at radius 3 is 2.37 bits per heavy atom. The van der Waals surface area contributed by atoms with Crippen LogP contribution in [-0.2, 0) is 4.79 Å². The largest absolute Gasteiger partial charge is 0.481 e. The highest BCUT2D eigenvalue weighted by Crippen LogP contribution is 2.37. The van der Waals surface area contributed by atoms with Crippen molar-refractivity contribution in [3.63, 3.8) is 0 Å². The fraction of sp³-hybridized carbons (Fsp3) is 0.857. The number of amides is 2. The molecular formula is C14H26N2O3. The Kier molecular flexibility index (Phi) is 5.20. The molecule has 0 bridgehead atoms. The maximum Gasteiger partial charge on any atom is 0.319 e. The van der Waals surface area contributed by atoms with E-state index in [0.717, 1.165) is 32.4 Å². The minimum atomic E-state index is -0.863. The summed E-state index contributed by atoms with van der Waals surface area (Å²) in [6.45, 7) is 7.81. The van der Waals surface area contributed by atoms with Crippen LogP contribution >= 0.6 is 0 Å². The molecule has 110 valence electrons. The fourth-order valence-corrected chi connectivity index (χ4v) is 2.73. The van der Waals surface area contributed by atoms with Gasteiger partial charge >= 0.3 is 12.0 Å². The van der Waals surface area contributed by atoms with E-state index in [1.54, 1.807) is 14.0 Å². The Morgan fingerprint density at radius 1 is 1.37 bits per heavy atom. The highest BCUT2D eigenvalue weighted by molar-refractivity contribution is 5.76. The molecule has 0 radical (unpaired) electrons. The van der Waals surface area contributed by atoms with Crippen LogP contribution in [0, 0.1) is 11.3 Å². The van der Waals surface area contributed by atoms with Gasteiger partial charge in [0.05, 0.1) is 5.92 Å². The molecule has 1 fully saturated rings. The molecule has 0 aromatic rings. The van der Waals surface area contributed by atoms with Crippen LogP contribution in [0.5, 0.6) is 0 Å². The Labute approximate surface area is 115 Å². The van der Waals surface area contributed by atoms with E-state index < -0.39 is 11.9 Å². The van der Waals surface area contributed by atoms with Gasteiger partial charge in [0.2, 0.25) is 0 Å². The highest BCUT2D eigenvalue weighted by atomic mass is 16.4. The molecule has 1 rings (SSSR count). The zero-order valence-electron chi connectivity index (χ0n) is 12.5. The summed E-state index contributed by atoms with van der Waals surface area (Å²) >= 11 is 0. The van der Waals surface area contributed by atoms with E-state index >= 15 is 0 Å². The second kappa shape index (κ2) is 6.26. The zero-order valence-corrected chi connectivity index (χ0v) is 12.5. The molecule has 19 heavy (non-hydrogen) atoms. The standard InChI is InChI=1S/C14H26N2O3/c1-5-14(6-2)7-8-16(10-14)13(19)15(4)9-11(3)12(17)18/h11H,5-10H2,1-4H3,(H,17,18). The second-order valence-electron chi connectivity index (χ2n) is 5.78. The first kappa shape index (κ1) is 15.8. The molecule has 1 saturated heterocycles. The molecule has 1 aliphatic rings. The van der Waals surface area contributed by atoms with Crippen LogP contribution < -0.4 is 0 Å². The molecular weight excluding hydrogens is 244 g/mol. The summed E-state index contributed by atoms with van der Waals surface area (Å²) in [7, 11) is 1.68. The summed E-state index contributed by atoms with van der Waals surface area (Å²) < 4.78 is 0. The lowest BCUT2D eigenvalue weighted by Crippen LogP contribution is -2.43. The number of carboxylic acids is 1. The van der Waals surface area contributed by atoms with E-state index in [-0.39, 0.29) is 18.0 Å². The summed E-state index contributed by atoms with van der Waals surface area (Å²) in [5.74, 6) is -1.39. The minimum absolute atomic E-state index is 0.0446. The van der Waals surface area contributed by atoms with Crippen molar-refractivity contribution < 1.29 is 14.7 Å². The normalized spacial score (nSPS) is 19.3. The quantitative estimate of drug-likeness (QED) is 0.833. The molecule has 1 atom stereocenters. The molecule has 1 unspecified atom stereocenters. The summed E-state index contributed by atoms with van der Waals surface area (Å²) in [5, 5.41) is 8.89. The third kappa shape index (κ3) is 3.61. The number of carboxylic acid groups (broad SMARTS) is 1. The molecule has 0 aromatic heterocycles. The van der Waals surface area contributed by atoms with Gasteiger partial charge in [-0.2, -0.15) is 0 Å². The summed E-state index contributed by atoms with van der Waals surface area (Å²) in [6.07, 6.45) is 3.22. The average molecular weight is 270 g/mol. The van der Waals surface area contributed by atoms with Crippen LogP contribution in [0.15, 0.2) is 0 Å². The van der Waals surface area contributed by atoms with Gasteiger partial charge in [0.1, 0.15) is 0 Å². The van der Waals surface area contributed by atoms with Gasteiger partial charge in [0.15, 0.2) is 0 Å². The van der Waals surface area contributed by atoms with Gasteiger partial charge < -0.3 is 14.9 Å². The van der Waals surface area contributed by atoms with Crippen molar-refractivity contribution in [1.29, 1.82) is 0 Å². The smallest absolute Gasteiger partial charge is 0.319 e. The van der Waals surface area contributed by atoms with Crippen molar-refractivity contribution >= 4 is 12.0 Å². The highest BCUT2D eigenvalue weighted by Gasteiger charge is 2.38. The molecule has 0 saturated carbocycles. The molecule has 0 spiro atoms. The van der Waals surface area contributed by atoms with Gasteiger partial charge in [-0.15, -0.1) is 0 Å². The average Bonchev–Trinajstić information content (AvgIpc) is 2.82. The Hall–Kier alpha value is -1.26. The second-order valence-corrected chi connectivity index (χ2v) is 5.78. The summed E-state index contributed by atoms with van der Waals surface area (Å²) in [4.78, 5) is 26.5. The van der Waals surface area contributed by atoms with Crippen LogP contribution in [-0.4, -0.2) is 53.6 Å². The zero-order chi connectivity index (χ0) is 14.6. The lowest BCUT2D eigenvalue weighted by atomic mass is 9.82. The maximum atomic E-state index is 12.3. The third-order valence-electron chi connectivity index (χ3n) is 4.50. The van der Waals surface area contributed by atoms with Crippen LogP contribution in [0.1, 0.15) is 40.0 Å². The van der Waals surface area contributed by atoms with Gasteiger partial charge in [-0.25, -0.2) is 4.79 Å². The van der Waals surface area contributed by atoms with E-state index in [1.165, 1.54) is 4.90 Å². The van der Waals surface area contributed by atoms with Gasteiger partial charge in [0.25, 0.3) is 0 Å². The summed E-state index contributed by atoms with van der Waals surface area (Å²) in [6, 6.07) is -0.0446. The van der Waals surface area contributed by atoms with Gasteiger partial charge in [-0.3, -0.25) is 4.79 Å². The van der Waals surface area contributed by atoms with Crippen molar-refractivity contribution in [2.75, 3.05) is 26.7 Å². The number of hydrogen-bond donors (Lipinski definition) is 1. The predicted molar refractivity (Wildman–Crippen MR) is 74.0 cm³/mol. The van der Waals surface area contributed by atoms with Crippen molar-refractivity contribution in [2.45, 2.75) is 40.0 Å². The van der Waals surface area contributed by atoms with Crippen molar-refractivity contribution in [1.82, 2.24) is 9.80 Å². The molecule has 1 heterocycles. The molecule has 5 heteroatoms. The van der Waals surface area contributed by atoms with Crippen LogP contribution in [0.25, 0.3) is 0 Å². The van der Waals surface area contributed by atoms with Gasteiger partial charge in [0, 0.05) is 26.7 Å². The molecule has 2 amide bonds. The van der Waals surface area contributed by atoms with Gasteiger partial charge in [-0.05, 0) is 24.7 Å². The Bertz CT molecular complexity index is 340. The fourth-order valence-electron chi connectivity index (χ4n) is 2.73. The van der Waals surface area contributed by atoms with E-state index in [0.29, 0.717) is 0 Å². The van der Waals surface area contributed by atoms with Gasteiger partial charge in [-0.1, -0.05) is 20.8 Å². The third-order valence-corrected chi connectivity index (χ3v) is 4.50. The number of nitrogens with zero attached hydrogens (tertiary/aromatic N) is 2. The first-order valence-electron chi connectivity index (χ1n) is 7.08. The van der Waals surface area contributed by atoms with Crippen LogP contribution in [0.3, 0.4) is 0 Å². The van der Waals surface area contributed by atoms with E-state index in [1.807, 2.05) is 4.90 Å².